The molecule has 6 aromatic rings. The summed E-state index contributed by atoms with van der Waals surface area (Å²) < 4.78 is 13.9. The predicted octanol–water partition coefficient (Wildman–Crippen LogP) is 9.55. The monoisotopic (exact) mass is 628 g/mol. The van der Waals surface area contributed by atoms with Gasteiger partial charge in [-0.3, -0.25) is 4.90 Å². The molecule has 5 heteroatoms. The van der Waals surface area contributed by atoms with E-state index in [-0.39, 0.29) is 23.0 Å². The molecule has 9 rings (SSSR count). The summed E-state index contributed by atoms with van der Waals surface area (Å²) in [5.74, 6) is 2.56. The SMILES string of the molecule is CC(C)(C)c1cccc2c3c(oc12)B1c2cc4c(cc2N(c2ccccc2-c2ccccc2)c2nccc(c21)O3)C(C)(C)CCC4(C)C. The highest BCUT2D eigenvalue weighted by Gasteiger charge is 2.48. The van der Waals surface area contributed by atoms with Gasteiger partial charge in [-0.15, -0.1) is 0 Å². The largest absolute Gasteiger partial charge is 0.466 e. The fourth-order valence-electron chi connectivity index (χ4n) is 8.45. The Morgan fingerprint density at radius 2 is 1.48 bits per heavy atom. The molecule has 48 heavy (non-hydrogen) atoms. The van der Waals surface area contributed by atoms with E-state index >= 15 is 0 Å². The number of nitrogens with zero attached hydrogens (tertiary/aromatic N) is 2. The Morgan fingerprint density at radius 1 is 0.771 bits per heavy atom. The van der Waals surface area contributed by atoms with Gasteiger partial charge >= 0.3 is 6.71 Å². The van der Waals surface area contributed by atoms with Gasteiger partial charge in [-0.2, -0.15) is 0 Å². The molecule has 238 valence electrons. The molecule has 3 aliphatic rings. The predicted molar refractivity (Wildman–Crippen MR) is 199 cm³/mol. The molecule has 1 aliphatic carbocycles. The van der Waals surface area contributed by atoms with Crippen molar-refractivity contribution >= 4 is 51.5 Å². The number of furan rings is 1. The fraction of sp³-hybridized carbons (Fsp3) is 0.279. The average molecular weight is 629 g/mol. The summed E-state index contributed by atoms with van der Waals surface area (Å²) in [6.45, 7) is 16.2. The third-order valence-corrected chi connectivity index (χ3v) is 11.2. The fourth-order valence-corrected chi connectivity index (χ4v) is 8.45. The smallest absolute Gasteiger partial charge is 0.303 e. The summed E-state index contributed by atoms with van der Waals surface area (Å²) in [6.07, 6.45) is 4.19. The zero-order valence-electron chi connectivity index (χ0n) is 28.9. The zero-order chi connectivity index (χ0) is 33.2. The summed E-state index contributed by atoms with van der Waals surface area (Å²) in [7, 11) is 0. The minimum atomic E-state index is -0.158. The molecule has 0 bridgehead atoms. The first-order valence-corrected chi connectivity index (χ1v) is 17.3. The minimum Gasteiger partial charge on any atom is -0.466 e. The van der Waals surface area contributed by atoms with Gasteiger partial charge in [-0.1, -0.05) is 115 Å². The van der Waals surface area contributed by atoms with E-state index in [1.54, 1.807) is 0 Å². The maximum absolute atomic E-state index is 7.05. The molecule has 4 heterocycles. The number of benzene rings is 4. The van der Waals surface area contributed by atoms with Crippen LogP contribution in [0.4, 0.5) is 17.2 Å². The van der Waals surface area contributed by atoms with Crippen LogP contribution >= 0.6 is 0 Å². The Morgan fingerprint density at radius 3 is 2.23 bits per heavy atom. The van der Waals surface area contributed by atoms with Crippen molar-refractivity contribution in [3.8, 4) is 22.6 Å². The number of ether oxygens (including phenoxy) is 1. The van der Waals surface area contributed by atoms with E-state index < -0.39 is 0 Å². The molecular weight excluding hydrogens is 587 g/mol. The third kappa shape index (κ3) is 4.12. The summed E-state index contributed by atoms with van der Waals surface area (Å²) in [6, 6.07) is 32.9. The van der Waals surface area contributed by atoms with Gasteiger partial charge in [0.1, 0.15) is 22.8 Å². The number of rotatable bonds is 2. The molecule has 2 aromatic heterocycles. The van der Waals surface area contributed by atoms with Crippen molar-refractivity contribution in [1.82, 2.24) is 4.98 Å². The van der Waals surface area contributed by atoms with Crippen LogP contribution in [-0.2, 0) is 16.2 Å². The number of para-hydroxylation sites is 2. The van der Waals surface area contributed by atoms with E-state index in [0.29, 0.717) is 0 Å². The molecule has 4 aromatic carbocycles. The zero-order valence-corrected chi connectivity index (χ0v) is 28.9. The molecule has 2 aliphatic heterocycles. The maximum atomic E-state index is 7.05. The first kappa shape index (κ1) is 29.4. The second-order valence-electron chi connectivity index (χ2n) is 16.3. The number of pyridine rings is 1. The van der Waals surface area contributed by atoms with E-state index in [0.717, 1.165) is 69.2 Å². The van der Waals surface area contributed by atoms with Crippen LogP contribution in [0.2, 0.25) is 0 Å². The lowest BCUT2D eigenvalue weighted by atomic mass is 9.36. The minimum absolute atomic E-state index is 0.0435. The van der Waals surface area contributed by atoms with Gasteiger partial charge in [0.25, 0.3) is 0 Å². The van der Waals surface area contributed by atoms with Crippen molar-refractivity contribution < 1.29 is 9.15 Å². The van der Waals surface area contributed by atoms with E-state index in [9.17, 15) is 0 Å². The van der Waals surface area contributed by atoms with Crippen molar-refractivity contribution in [2.45, 2.75) is 77.6 Å². The molecule has 0 atom stereocenters. The first-order chi connectivity index (χ1) is 22.9. The van der Waals surface area contributed by atoms with Crippen molar-refractivity contribution in [3.05, 3.63) is 114 Å². The van der Waals surface area contributed by atoms with Gasteiger partial charge in [0, 0.05) is 28.5 Å². The van der Waals surface area contributed by atoms with Crippen LogP contribution in [0.15, 0.2) is 102 Å². The van der Waals surface area contributed by atoms with Crippen LogP contribution in [0.5, 0.6) is 11.5 Å². The molecule has 0 unspecified atom stereocenters. The summed E-state index contributed by atoms with van der Waals surface area (Å²) in [5, 5.41) is 1.03. The molecule has 0 N–H and O–H groups in total. The average Bonchev–Trinajstić information content (AvgIpc) is 3.45. The lowest BCUT2D eigenvalue weighted by Crippen LogP contribution is -2.60. The second kappa shape index (κ2) is 9.88. The summed E-state index contributed by atoms with van der Waals surface area (Å²) in [4.78, 5) is 7.56. The first-order valence-electron chi connectivity index (χ1n) is 17.3. The molecule has 0 amide bonds. The maximum Gasteiger partial charge on any atom is 0.303 e. The molecular formula is C43H41BN2O2. The number of fused-ring (bicyclic) bond motifs is 7. The Balaban J connectivity index is 1.39. The van der Waals surface area contributed by atoms with Crippen LogP contribution < -0.4 is 26.2 Å². The Hall–Kier alpha value is -4.77. The topological polar surface area (TPSA) is 38.5 Å². The van der Waals surface area contributed by atoms with Crippen molar-refractivity contribution in [3.63, 3.8) is 0 Å². The molecule has 0 fully saturated rings. The number of hydrogen-bond donors (Lipinski definition) is 0. The van der Waals surface area contributed by atoms with E-state index in [1.807, 2.05) is 12.3 Å². The van der Waals surface area contributed by atoms with Crippen molar-refractivity contribution in [2.24, 2.45) is 0 Å². The highest BCUT2D eigenvalue weighted by atomic mass is 16.5. The normalized spacial score (nSPS) is 16.9. The van der Waals surface area contributed by atoms with E-state index in [1.165, 1.54) is 27.7 Å². The van der Waals surface area contributed by atoms with Crippen molar-refractivity contribution in [1.29, 1.82) is 0 Å². The highest BCUT2D eigenvalue weighted by Crippen LogP contribution is 2.50. The highest BCUT2D eigenvalue weighted by molar-refractivity contribution is 6.98. The van der Waals surface area contributed by atoms with Gasteiger partial charge in [-0.25, -0.2) is 4.98 Å². The van der Waals surface area contributed by atoms with Crippen LogP contribution in [-0.4, -0.2) is 11.7 Å². The second-order valence-corrected chi connectivity index (χ2v) is 16.3. The van der Waals surface area contributed by atoms with Crippen LogP contribution in [0.3, 0.4) is 0 Å². The van der Waals surface area contributed by atoms with Gasteiger partial charge in [-0.05, 0) is 75.5 Å². The Labute approximate surface area is 283 Å². The summed E-state index contributed by atoms with van der Waals surface area (Å²) >= 11 is 0. The number of hydrogen-bond acceptors (Lipinski definition) is 4. The molecule has 4 nitrogen and oxygen atoms in total. The molecule has 0 spiro atoms. The Kier molecular flexibility index (Phi) is 6.05. The molecule has 0 saturated heterocycles. The van der Waals surface area contributed by atoms with Crippen LogP contribution in [0.1, 0.15) is 78.0 Å². The van der Waals surface area contributed by atoms with Crippen LogP contribution in [0, 0.1) is 0 Å². The van der Waals surface area contributed by atoms with E-state index in [4.69, 9.17) is 14.1 Å². The lowest BCUT2D eigenvalue weighted by Gasteiger charge is -2.45. The third-order valence-electron chi connectivity index (χ3n) is 11.2. The van der Waals surface area contributed by atoms with Crippen molar-refractivity contribution in [2.75, 3.05) is 4.90 Å². The molecule has 0 radical (unpaired) electrons. The lowest BCUT2D eigenvalue weighted by molar-refractivity contribution is 0.332. The Bertz CT molecular complexity index is 2270. The van der Waals surface area contributed by atoms with Crippen LogP contribution in [0.25, 0.3) is 22.1 Å². The number of aromatic nitrogens is 1. The molecule has 0 saturated carbocycles. The van der Waals surface area contributed by atoms with Gasteiger partial charge in [0.15, 0.2) is 5.75 Å². The summed E-state index contributed by atoms with van der Waals surface area (Å²) in [5.41, 5.74) is 12.7. The number of anilines is 3. The standard InChI is InChI=1S/C43H41BN2O2/c1-41(2,3)29-18-13-17-28-37(29)48-39-38(28)47-35-20-23-45-40-36(35)44(39)32-24-30-31(43(6,7)22-21-42(30,4)5)25-34(32)46(40)33-19-12-11-16-27(33)26-14-9-8-10-15-26/h8-20,23-25H,21-22H2,1-7H3. The van der Waals surface area contributed by atoms with Gasteiger partial charge < -0.3 is 9.15 Å². The van der Waals surface area contributed by atoms with E-state index in [2.05, 4.69) is 138 Å². The quantitative estimate of drug-likeness (QED) is 0.179. The van der Waals surface area contributed by atoms with Gasteiger partial charge in [0.05, 0.1) is 11.1 Å². The van der Waals surface area contributed by atoms with Gasteiger partial charge in [0.2, 0.25) is 0 Å².